The first-order valence-electron chi connectivity index (χ1n) is 11.6. The van der Waals surface area contributed by atoms with Crippen molar-refractivity contribution >= 4 is 0 Å². The minimum Gasteiger partial charge on any atom is -0.330 e. The van der Waals surface area contributed by atoms with Crippen molar-refractivity contribution in [2.24, 2.45) is 41.2 Å². The van der Waals surface area contributed by atoms with E-state index in [2.05, 4.69) is 4.90 Å². The van der Waals surface area contributed by atoms with Crippen LogP contribution in [-0.4, -0.2) is 29.1 Å². The summed E-state index contributed by atoms with van der Waals surface area (Å²) >= 11 is 0. The molecule has 2 nitrogen and oxygen atoms in total. The van der Waals surface area contributed by atoms with Gasteiger partial charge < -0.3 is 5.73 Å². The standard InChI is InChI=1S/C23H38N2/c24-2-1-3-25(22-10-16-4-17(11-22)6-18(5-16)12-22)23-13-19-7-20(14-23)9-21(8-19)15-23/h16-21H,1-15,24H2. The van der Waals surface area contributed by atoms with E-state index in [9.17, 15) is 0 Å². The van der Waals surface area contributed by atoms with Crippen LogP contribution < -0.4 is 5.73 Å². The summed E-state index contributed by atoms with van der Waals surface area (Å²) in [5.41, 5.74) is 7.22. The summed E-state index contributed by atoms with van der Waals surface area (Å²) in [4.78, 5) is 3.21. The van der Waals surface area contributed by atoms with Crippen molar-refractivity contribution in [1.82, 2.24) is 4.90 Å². The molecule has 0 aromatic rings. The quantitative estimate of drug-likeness (QED) is 0.792. The molecule has 0 heterocycles. The third kappa shape index (κ3) is 2.35. The first kappa shape index (κ1) is 15.9. The van der Waals surface area contributed by atoms with E-state index in [1.165, 1.54) is 13.0 Å². The van der Waals surface area contributed by atoms with Crippen LogP contribution in [0.2, 0.25) is 0 Å². The molecule has 8 aliphatic rings. The van der Waals surface area contributed by atoms with Crippen molar-refractivity contribution in [2.45, 2.75) is 94.5 Å². The minimum absolute atomic E-state index is 0.593. The fourth-order valence-corrected chi connectivity index (χ4v) is 10.0. The lowest BCUT2D eigenvalue weighted by molar-refractivity contribution is -0.178. The second kappa shape index (κ2) is 5.47. The Hall–Kier alpha value is -0.0800. The molecule has 0 spiro atoms. The molecule has 0 atom stereocenters. The lowest BCUT2D eigenvalue weighted by Crippen LogP contribution is -2.70. The maximum absolute atomic E-state index is 6.03. The highest BCUT2D eigenvalue weighted by Crippen LogP contribution is 2.64. The predicted octanol–water partition coefficient (Wildman–Crippen LogP) is 4.57. The maximum Gasteiger partial charge on any atom is 0.0223 e. The number of hydrogen-bond donors (Lipinski definition) is 1. The summed E-state index contributed by atoms with van der Waals surface area (Å²) in [5, 5.41) is 0. The maximum atomic E-state index is 6.03. The van der Waals surface area contributed by atoms with Crippen LogP contribution in [0.1, 0.15) is 83.5 Å². The van der Waals surface area contributed by atoms with Crippen molar-refractivity contribution < 1.29 is 0 Å². The van der Waals surface area contributed by atoms with E-state index in [-0.39, 0.29) is 0 Å². The predicted molar refractivity (Wildman–Crippen MR) is 102 cm³/mol. The van der Waals surface area contributed by atoms with Gasteiger partial charge in [-0.25, -0.2) is 0 Å². The van der Waals surface area contributed by atoms with Crippen molar-refractivity contribution in [3.8, 4) is 0 Å². The smallest absolute Gasteiger partial charge is 0.0223 e. The van der Waals surface area contributed by atoms with Gasteiger partial charge in [0, 0.05) is 17.6 Å². The summed E-state index contributed by atoms with van der Waals surface area (Å²) in [6.07, 6.45) is 20.0. The second-order valence-electron chi connectivity index (χ2n) is 11.6. The van der Waals surface area contributed by atoms with Crippen LogP contribution in [0.4, 0.5) is 0 Å². The average Bonchev–Trinajstić information content (AvgIpc) is 2.52. The molecule has 2 N–H and O–H groups in total. The molecular formula is C23H38N2. The van der Waals surface area contributed by atoms with Gasteiger partial charge in [0.25, 0.3) is 0 Å². The van der Waals surface area contributed by atoms with E-state index < -0.39 is 0 Å². The van der Waals surface area contributed by atoms with Crippen LogP contribution >= 0.6 is 0 Å². The molecule has 0 aromatic heterocycles. The van der Waals surface area contributed by atoms with Gasteiger partial charge in [0.1, 0.15) is 0 Å². The summed E-state index contributed by atoms with van der Waals surface area (Å²) in [6.45, 7) is 2.20. The average molecular weight is 343 g/mol. The van der Waals surface area contributed by atoms with Crippen molar-refractivity contribution in [3.05, 3.63) is 0 Å². The first-order valence-corrected chi connectivity index (χ1v) is 11.6. The lowest BCUT2D eigenvalue weighted by atomic mass is 9.48. The lowest BCUT2D eigenvalue weighted by Gasteiger charge is -2.69. The molecule has 8 rings (SSSR count). The zero-order valence-electron chi connectivity index (χ0n) is 16.1. The van der Waals surface area contributed by atoms with Crippen LogP contribution in [-0.2, 0) is 0 Å². The molecule has 0 saturated heterocycles. The summed E-state index contributed by atoms with van der Waals surface area (Å²) < 4.78 is 0. The van der Waals surface area contributed by atoms with E-state index >= 15 is 0 Å². The molecule has 0 radical (unpaired) electrons. The Morgan fingerprint density at radius 3 is 1.20 bits per heavy atom. The summed E-state index contributed by atoms with van der Waals surface area (Å²) in [5.74, 6) is 6.42. The van der Waals surface area contributed by atoms with E-state index in [0.717, 1.165) is 42.1 Å². The number of hydrogen-bond acceptors (Lipinski definition) is 2. The highest BCUT2D eigenvalue weighted by Gasteiger charge is 2.61. The van der Waals surface area contributed by atoms with E-state index in [0.29, 0.717) is 11.1 Å². The Kier molecular flexibility index (Phi) is 3.49. The summed E-state index contributed by atoms with van der Waals surface area (Å²) in [6, 6.07) is 0. The van der Waals surface area contributed by atoms with Gasteiger partial charge in [-0.05, 0) is 126 Å². The fourth-order valence-electron chi connectivity index (χ4n) is 10.0. The van der Waals surface area contributed by atoms with Gasteiger partial charge in [-0.2, -0.15) is 0 Å². The van der Waals surface area contributed by atoms with Crippen LogP contribution in [0.25, 0.3) is 0 Å². The molecule has 25 heavy (non-hydrogen) atoms. The van der Waals surface area contributed by atoms with E-state index in [1.807, 2.05) is 0 Å². The highest BCUT2D eigenvalue weighted by atomic mass is 15.3. The van der Waals surface area contributed by atoms with Gasteiger partial charge in [-0.15, -0.1) is 0 Å². The van der Waals surface area contributed by atoms with Crippen molar-refractivity contribution in [1.29, 1.82) is 0 Å². The van der Waals surface area contributed by atoms with Gasteiger partial charge in [-0.1, -0.05) is 0 Å². The Labute approximate surface area is 154 Å². The normalized spacial score (nSPS) is 55.4. The Bertz CT molecular complexity index is 424. The highest BCUT2D eigenvalue weighted by molar-refractivity contribution is 5.15. The van der Waals surface area contributed by atoms with Gasteiger partial charge in [0.05, 0.1) is 0 Å². The molecule has 0 aromatic carbocycles. The number of rotatable bonds is 5. The molecule has 8 fully saturated rings. The second-order valence-corrected chi connectivity index (χ2v) is 11.6. The third-order valence-corrected chi connectivity index (χ3v) is 9.74. The molecular weight excluding hydrogens is 304 g/mol. The van der Waals surface area contributed by atoms with Crippen molar-refractivity contribution in [2.75, 3.05) is 13.1 Å². The first-order chi connectivity index (χ1) is 12.2. The molecule has 140 valence electrons. The van der Waals surface area contributed by atoms with Crippen LogP contribution in [0.5, 0.6) is 0 Å². The molecule has 0 unspecified atom stereocenters. The molecule has 8 saturated carbocycles. The van der Waals surface area contributed by atoms with Crippen LogP contribution in [0, 0.1) is 35.5 Å². The van der Waals surface area contributed by atoms with Gasteiger partial charge in [-0.3, -0.25) is 4.90 Å². The van der Waals surface area contributed by atoms with Gasteiger partial charge >= 0.3 is 0 Å². The zero-order valence-corrected chi connectivity index (χ0v) is 16.1. The molecule has 0 amide bonds. The Balaban J connectivity index is 1.37. The van der Waals surface area contributed by atoms with E-state index in [1.54, 1.807) is 77.0 Å². The molecule has 2 heteroatoms. The molecule has 0 aliphatic heterocycles. The fraction of sp³-hybridized carbons (Fsp3) is 1.00. The topological polar surface area (TPSA) is 29.3 Å². The molecule has 8 bridgehead atoms. The molecule has 8 aliphatic carbocycles. The van der Waals surface area contributed by atoms with Gasteiger partial charge in [0.2, 0.25) is 0 Å². The Morgan fingerprint density at radius 2 is 0.920 bits per heavy atom. The summed E-state index contributed by atoms with van der Waals surface area (Å²) in [7, 11) is 0. The number of nitrogens with zero attached hydrogens (tertiary/aromatic N) is 1. The van der Waals surface area contributed by atoms with Crippen molar-refractivity contribution in [3.63, 3.8) is 0 Å². The minimum atomic E-state index is 0.593. The zero-order chi connectivity index (χ0) is 16.6. The van der Waals surface area contributed by atoms with Crippen LogP contribution in [0.3, 0.4) is 0 Å². The number of nitrogens with two attached hydrogens (primary N) is 1. The Morgan fingerprint density at radius 1 is 0.600 bits per heavy atom. The SMILES string of the molecule is NCCCN(C12CC3CC(CC(C3)C1)C2)C12CC3CC(CC(C3)C1)C2. The monoisotopic (exact) mass is 342 g/mol. The largest absolute Gasteiger partial charge is 0.330 e. The third-order valence-electron chi connectivity index (χ3n) is 9.74. The van der Waals surface area contributed by atoms with Crippen LogP contribution in [0.15, 0.2) is 0 Å². The van der Waals surface area contributed by atoms with Gasteiger partial charge in [0.15, 0.2) is 0 Å². The van der Waals surface area contributed by atoms with E-state index in [4.69, 9.17) is 5.73 Å².